The van der Waals surface area contributed by atoms with E-state index < -0.39 is 17.7 Å². The Kier molecular flexibility index (Phi) is 6.66. The Morgan fingerprint density at radius 2 is 1.52 bits per heavy atom. The van der Waals surface area contributed by atoms with E-state index in [9.17, 15) is 14.7 Å². The molecule has 2 heterocycles. The third-order valence-corrected chi connectivity index (χ3v) is 7.53. The molecule has 1 saturated heterocycles. The molecule has 1 amide bonds. The fourth-order valence-corrected chi connectivity index (χ4v) is 5.43. The van der Waals surface area contributed by atoms with Gasteiger partial charge in [0.05, 0.1) is 18.7 Å². The van der Waals surface area contributed by atoms with Crippen molar-refractivity contribution in [1.29, 1.82) is 0 Å². The van der Waals surface area contributed by atoms with Gasteiger partial charge in [0.2, 0.25) is 0 Å². The summed E-state index contributed by atoms with van der Waals surface area (Å²) < 4.78 is 5.24. The normalized spacial score (nSPS) is 16.5. The van der Waals surface area contributed by atoms with E-state index >= 15 is 0 Å². The Balaban J connectivity index is 1.40. The van der Waals surface area contributed by atoms with Gasteiger partial charge in [0.15, 0.2) is 0 Å². The van der Waals surface area contributed by atoms with Gasteiger partial charge in [-0.15, -0.1) is 0 Å². The molecule has 198 valence electrons. The van der Waals surface area contributed by atoms with E-state index in [1.165, 1.54) is 0 Å². The summed E-state index contributed by atoms with van der Waals surface area (Å²) in [5, 5.41) is 12.5. The van der Waals surface area contributed by atoms with Crippen LogP contribution in [0.5, 0.6) is 5.75 Å². The van der Waals surface area contributed by atoms with Crippen LogP contribution in [0, 0.1) is 0 Å². The number of para-hydroxylation sites is 1. The molecule has 6 rings (SSSR count). The van der Waals surface area contributed by atoms with Crippen LogP contribution in [0.15, 0.2) is 115 Å². The minimum atomic E-state index is -0.725. The molecule has 6 nitrogen and oxygen atoms in total. The average Bonchev–Trinajstić information content (AvgIpc) is 3.54. The number of nitrogens with zero attached hydrogens (tertiary/aromatic N) is 1. The van der Waals surface area contributed by atoms with Crippen LogP contribution >= 0.6 is 0 Å². The van der Waals surface area contributed by atoms with Gasteiger partial charge in [0.1, 0.15) is 11.5 Å². The van der Waals surface area contributed by atoms with Gasteiger partial charge in [-0.1, -0.05) is 72.8 Å². The van der Waals surface area contributed by atoms with Crippen molar-refractivity contribution in [3.8, 4) is 16.9 Å². The molecular formula is C34H28N2O4. The maximum atomic E-state index is 13.5. The number of Topliss-reactive ketones (excluding diaryl/α,β-unsaturated/α-hetero) is 1. The van der Waals surface area contributed by atoms with E-state index in [-0.39, 0.29) is 11.3 Å². The SMILES string of the molecule is COc1ccc(/C(O)=C2\C(=O)C(=O)N(CCc3c[nH]c4ccccc34)C2c2ccc(-c3ccccc3)cc2)cc1. The first kappa shape index (κ1) is 25.2. The third kappa shape index (κ3) is 4.54. The third-order valence-electron chi connectivity index (χ3n) is 7.53. The first-order valence-corrected chi connectivity index (χ1v) is 13.2. The molecular weight excluding hydrogens is 500 g/mol. The van der Waals surface area contributed by atoms with Gasteiger partial charge in [-0.2, -0.15) is 0 Å². The van der Waals surface area contributed by atoms with E-state index in [1.807, 2.05) is 85.1 Å². The van der Waals surface area contributed by atoms with Crippen LogP contribution in [0.4, 0.5) is 0 Å². The van der Waals surface area contributed by atoms with Crippen LogP contribution < -0.4 is 4.74 Å². The van der Waals surface area contributed by atoms with E-state index in [4.69, 9.17) is 4.74 Å². The predicted octanol–water partition coefficient (Wildman–Crippen LogP) is 6.51. The summed E-state index contributed by atoms with van der Waals surface area (Å²) in [7, 11) is 1.56. The maximum absolute atomic E-state index is 13.5. The fraction of sp³-hybridized carbons (Fsp3) is 0.118. The molecule has 1 aliphatic rings. The lowest BCUT2D eigenvalue weighted by molar-refractivity contribution is -0.139. The Morgan fingerprint density at radius 1 is 0.850 bits per heavy atom. The number of aromatic nitrogens is 1. The highest BCUT2D eigenvalue weighted by Crippen LogP contribution is 2.40. The molecule has 0 saturated carbocycles. The molecule has 5 aromatic rings. The number of hydrogen-bond donors (Lipinski definition) is 2. The monoisotopic (exact) mass is 528 g/mol. The summed E-state index contributed by atoms with van der Waals surface area (Å²) in [6.07, 6.45) is 2.50. The Bertz CT molecular complexity index is 1720. The van der Waals surface area contributed by atoms with Gasteiger partial charge >= 0.3 is 0 Å². The second-order valence-electron chi connectivity index (χ2n) is 9.82. The number of carbonyl (C=O) groups is 2. The summed E-state index contributed by atoms with van der Waals surface area (Å²) in [6, 6.07) is 31.9. The highest BCUT2D eigenvalue weighted by Gasteiger charge is 2.45. The highest BCUT2D eigenvalue weighted by atomic mass is 16.5. The Labute approximate surface area is 232 Å². The average molecular weight is 529 g/mol. The van der Waals surface area contributed by atoms with Crippen molar-refractivity contribution < 1.29 is 19.4 Å². The molecule has 1 aromatic heterocycles. The molecule has 0 spiro atoms. The molecule has 0 aliphatic carbocycles. The molecule has 1 fully saturated rings. The van der Waals surface area contributed by atoms with Gasteiger partial charge in [-0.25, -0.2) is 0 Å². The summed E-state index contributed by atoms with van der Waals surface area (Å²) in [5.41, 5.74) is 5.46. The van der Waals surface area contributed by atoms with Crippen LogP contribution in [-0.4, -0.2) is 40.3 Å². The number of hydrogen-bond acceptors (Lipinski definition) is 4. The standard InChI is InChI=1S/C34H28N2O4/c1-40-27-17-15-25(16-18-27)32(37)30-31(24-13-11-23(12-14-24)22-7-3-2-4-8-22)36(34(39)33(30)38)20-19-26-21-35-29-10-6-5-9-28(26)29/h2-18,21,31,35,37H,19-20H2,1H3/b32-30+. The summed E-state index contributed by atoms with van der Waals surface area (Å²) in [4.78, 5) is 31.8. The lowest BCUT2D eigenvalue weighted by Gasteiger charge is -2.25. The number of ketones is 1. The van der Waals surface area contributed by atoms with Crippen LogP contribution in [0.3, 0.4) is 0 Å². The van der Waals surface area contributed by atoms with Crippen molar-refractivity contribution in [1.82, 2.24) is 9.88 Å². The number of amides is 1. The number of methoxy groups -OCH3 is 1. The summed E-state index contributed by atoms with van der Waals surface area (Å²) in [6.45, 7) is 0.316. The van der Waals surface area contributed by atoms with Gasteiger partial charge in [0.25, 0.3) is 11.7 Å². The lowest BCUT2D eigenvalue weighted by Crippen LogP contribution is -2.31. The first-order chi connectivity index (χ1) is 19.5. The van der Waals surface area contributed by atoms with Gasteiger partial charge in [-0.05, 0) is 59.0 Å². The first-order valence-electron chi connectivity index (χ1n) is 13.2. The van der Waals surface area contributed by atoms with Crippen molar-refractivity contribution in [2.75, 3.05) is 13.7 Å². The molecule has 2 N–H and O–H groups in total. The zero-order valence-corrected chi connectivity index (χ0v) is 22.0. The van der Waals surface area contributed by atoms with Crippen molar-refractivity contribution in [3.05, 3.63) is 132 Å². The van der Waals surface area contributed by atoms with Crippen LogP contribution in [-0.2, 0) is 16.0 Å². The Morgan fingerprint density at radius 3 is 2.25 bits per heavy atom. The number of rotatable bonds is 7. The minimum Gasteiger partial charge on any atom is -0.507 e. The van der Waals surface area contributed by atoms with Crippen LogP contribution in [0.25, 0.3) is 27.8 Å². The number of ether oxygens (including phenoxy) is 1. The Hall–Kier alpha value is -5.10. The number of aliphatic hydroxyl groups excluding tert-OH is 1. The van der Waals surface area contributed by atoms with E-state index in [1.54, 1.807) is 36.3 Å². The van der Waals surface area contributed by atoms with Gasteiger partial charge in [0, 0.05) is 29.2 Å². The van der Waals surface area contributed by atoms with E-state index in [2.05, 4.69) is 4.98 Å². The molecule has 0 radical (unpaired) electrons. The van der Waals surface area contributed by atoms with E-state index in [0.29, 0.717) is 24.3 Å². The molecule has 1 unspecified atom stereocenters. The van der Waals surface area contributed by atoms with Crippen molar-refractivity contribution in [2.45, 2.75) is 12.5 Å². The number of nitrogens with one attached hydrogen (secondary N) is 1. The van der Waals surface area contributed by atoms with Gasteiger partial charge < -0.3 is 19.7 Å². The number of fused-ring (bicyclic) bond motifs is 1. The van der Waals surface area contributed by atoms with Crippen LogP contribution in [0.2, 0.25) is 0 Å². The minimum absolute atomic E-state index is 0.0848. The lowest BCUT2D eigenvalue weighted by atomic mass is 9.93. The number of H-pyrrole nitrogens is 1. The van der Waals surface area contributed by atoms with Crippen molar-refractivity contribution in [2.24, 2.45) is 0 Å². The zero-order valence-electron chi connectivity index (χ0n) is 22.0. The fourth-order valence-electron chi connectivity index (χ4n) is 5.43. The number of benzene rings is 4. The zero-order chi connectivity index (χ0) is 27.6. The second-order valence-corrected chi connectivity index (χ2v) is 9.82. The number of aliphatic hydroxyl groups is 1. The maximum Gasteiger partial charge on any atom is 0.295 e. The van der Waals surface area contributed by atoms with E-state index in [0.717, 1.165) is 33.2 Å². The quantitative estimate of drug-likeness (QED) is 0.143. The van der Waals surface area contributed by atoms with Gasteiger partial charge in [-0.3, -0.25) is 9.59 Å². The molecule has 4 aromatic carbocycles. The molecule has 1 aliphatic heterocycles. The molecule has 6 heteroatoms. The highest BCUT2D eigenvalue weighted by molar-refractivity contribution is 6.46. The second kappa shape index (κ2) is 10.6. The number of likely N-dealkylation sites (tertiary alicyclic amines) is 1. The predicted molar refractivity (Wildman–Crippen MR) is 156 cm³/mol. The smallest absolute Gasteiger partial charge is 0.295 e. The largest absolute Gasteiger partial charge is 0.507 e. The molecule has 1 atom stereocenters. The number of carbonyl (C=O) groups excluding carboxylic acids is 2. The topological polar surface area (TPSA) is 82.6 Å². The van der Waals surface area contributed by atoms with Crippen molar-refractivity contribution >= 4 is 28.4 Å². The summed E-state index contributed by atoms with van der Waals surface area (Å²) >= 11 is 0. The number of aromatic amines is 1. The molecule has 0 bridgehead atoms. The molecule has 40 heavy (non-hydrogen) atoms. The van der Waals surface area contributed by atoms with Crippen molar-refractivity contribution in [3.63, 3.8) is 0 Å². The van der Waals surface area contributed by atoms with Crippen LogP contribution in [0.1, 0.15) is 22.7 Å². The summed E-state index contributed by atoms with van der Waals surface area (Å²) in [5.74, 6) is -0.882.